The van der Waals surface area contributed by atoms with Crippen molar-refractivity contribution in [2.24, 2.45) is 0 Å². The molecule has 1 aliphatic rings. The minimum Gasteiger partial charge on any atom is -0.454 e. The minimum atomic E-state index is -1.00. The molecule has 2 aromatic carbocycles. The van der Waals surface area contributed by atoms with Gasteiger partial charge in [-0.05, 0) is 30.7 Å². The molecule has 1 N–H and O–H groups in total. The molecule has 0 radical (unpaired) electrons. The maximum Gasteiger partial charge on any atom is 0.375 e. The van der Waals surface area contributed by atoms with Crippen molar-refractivity contribution in [2.75, 3.05) is 13.9 Å². The van der Waals surface area contributed by atoms with Crippen LogP contribution in [0.1, 0.15) is 28.6 Å². The highest BCUT2D eigenvalue weighted by atomic mass is 16.7. The summed E-state index contributed by atoms with van der Waals surface area (Å²) < 4.78 is 26.8. The smallest absolute Gasteiger partial charge is 0.375 e. The Kier molecular flexibility index (Phi) is 5.58. The molecule has 0 saturated carbocycles. The quantitative estimate of drug-likeness (QED) is 0.597. The number of hydrogen-bond donors (Lipinski definition) is 1. The fourth-order valence-corrected chi connectivity index (χ4v) is 3.20. The molecule has 3 aromatic rings. The first kappa shape index (κ1) is 19.8. The van der Waals surface area contributed by atoms with E-state index < -0.39 is 18.0 Å². The predicted molar refractivity (Wildman–Crippen MR) is 106 cm³/mol. The van der Waals surface area contributed by atoms with Gasteiger partial charge in [-0.2, -0.15) is 0 Å². The number of carbonyl (C=O) groups excluding carboxylic acids is 2. The van der Waals surface area contributed by atoms with Crippen LogP contribution >= 0.6 is 0 Å². The number of amides is 1. The van der Waals surface area contributed by atoms with Crippen molar-refractivity contribution >= 4 is 22.8 Å². The van der Waals surface area contributed by atoms with Crippen LogP contribution in [0.2, 0.25) is 0 Å². The zero-order valence-corrected chi connectivity index (χ0v) is 16.6. The molecular weight excluding hydrogens is 390 g/mol. The molecule has 1 aliphatic heterocycles. The monoisotopic (exact) mass is 411 g/mol. The van der Waals surface area contributed by atoms with Gasteiger partial charge in [0.2, 0.25) is 12.6 Å². The lowest BCUT2D eigenvalue weighted by molar-refractivity contribution is -0.129. The first-order valence-corrected chi connectivity index (χ1v) is 9.43. The molecule has 156 valence electrons. The molecule has 2 heterocycles. The van der Waals surface area contributed by atoms with Gasteiger partial charge in [0.15, 0.2) is 17.6 Å². The van der Waals surface area contributed by atoms with E-state index in [1.54, 1.807) is 18.2 Å². The molecule has 0 unspecified atom stereocenters. The van der Waals surface area contributed by atoms with E-state index in [0.29, 0.717) is 22.6 Å². The minimum absolute atomic E-state index is 0.0356. The average molecular weight is 411 g/mol. The summed E-state index contributed by atoms with van der Waals surface area (Å²) in [5, 5.41) is 3.51. The van der Waals surface area contributed by atoms with Crippen molar-refractivity contribution in [2.45, 2.75) is 26.2 Å². The first-order valence-electron chi connectivity index (χ1n) is 9.43. The third kappa shape index (κ3) is 3.95. The summed E-state index contributed by atoms with van der Waals surface area (Å²) in [7, 11) is 1.53. The third-order valence-electron chi connectivity index (χ3n) is 4.73. The van der Waals surface area contributed by atoms with E-state index in [0.717, 1.165) is 10.9 Å². The zero-order chi connectivity index (χ0) is 21.1. The van der Waals surface area contributed by atoms with Gasteiger partial charge in [0, 0.05) is 24.6 Å². The molecule has 0 bridgehead atoms. The summed E-state index contributed by atoms with van der Waals surface area (Å²) in [6, 6.07) is 12.7. The van der Waals surface area contributed by atoms with Gasteiger partial charge in [-0.3, -0.25) is 4.79 Å². The Balaban J connectivity index is 1.40. The molecule has 8 nitrogen and oxygen atoms in total. The molecule has 4 rings (SSSR count). The van der Waals surface area contributed by atoms with Gasteiger partial charge >= 0.3 is 5.97 Å². The predicted octanol–water partition coefficient (Wildman–Crippen LogP) is 3.17. The Bertz CT molecular complexity index is 1090. The van der Waals surface area contributed by atoms with Crippen LogP contribution in [-0.4, -0.2) is 31.9 Å². The van der Waals surface area contributed by atoms with Crippen LogP contribution in [0.25, 0.3) is 11.0 Å². The molecule has 0 spiro atoms. The molecule has 1 atom stereocenters. The number of hydrogen-bond acceptors (Lipinski definition) is 7. The van der Waals surface area contributed by atoms with E-state index in [4.69, 9.17) is 23.4 Å². The molecule has 0 aliphatic carbocycles. The summed E-state index contributed by atoms with van der Waals surface area (Å²) in [4.78, 5) is 25.0. The lowest BCUT2D eigenvalue weighted by Crippen LogP contribution is -2.35. The summed E-state index contributed by atoms with van der Waals surface area (Å²) in [5.41, 5.74) is 1.98. The molecule has 0 saturated heterocycles. The number of furan rings is 1. The number of ether oxygens (including phenoxy) is 4. The Labute approximate surface area is 172 Å². The van der Waals surface area contributed by atoms with Crippen LogP contribution in [-0.2, 0) is 27.4 Å². The first-order chi connectivity index (χ1) is 14.6. The number of methoxy groups -OCH3 is 1. The van der Waals surface area contributed by atoms with Crippen LogP contribution in [0, 0.1) is 0 Å². The molecule has 0 fully saturated rings. The maximum atomic E-state index is 12.6. The number of nitrogens with one attached hydrogen (secondary N) is 1. The number of rotatable bonds is 7. The topological polar surface area (TPSA) is 96.2 Å². The van der Waals surface area contributed by atoms with E-state index in [1.165, 1.54) is 14.0 Å². The summed E-state index contributed by atoms with van der Waals surface area (Å²) in [5.74, 6) is 0.199. The van der Waals surface area contributed by atoms with E-state index in [-0.39, 0.29) is 25.7 Å². The Morgan fingerprint density at radius 3 is 2.77 bits per heavy atom. The van der Waals surface area contributed by atoms with Gasteiger partial charge in [0.25, 0.3) is 5.91 Å². The van der Waals surface area contributed by atoms with E-state index in [9.17, 15) is 9.59 Å². The standard InChI is InChI=1S/C22H21NO7/c1-13(21(24)23-10-14-7-8-18-19(9-14)28-12-27-18)29-22(25)20-16(11-26-2)15-5-3-4-6-17(15)30-20/h3-9,13H,10-12H2,1-2H3,(H,23,24)/t13-/m1/s1. The van der Waals surface area contributed by atoms with Crippen molar-refractivity contribution in [1.29, 1.82) is 0 Å². The normalized spacial score (nSPS) is 13.3. The van der Waals surface area contributed by atoms with Crippen molar-refractivity contribution in [3.63, 3.8) is 0 Å². The Hall–Kier alpha value is -3.52. The van der Waals surface area contributed by atoms with Crippen molar-refractivity contribution in [3.05, 3.63) is 59.4 Å². The highest BCUT2D eigenvalue weighted by Crippen LogP contribution is 2.32. The third-order valence-corrected chi connectivity index (χ3v) is 4.73. The SMILES string of the molecule is COCc1c(C(=O)O[C@H](C)C(=O)NCc2ccc3c(c2)OCO3)oc2ccccc12. The van der Waals surface area contributed by atoms with Gasteiger partial charge in [-0.25, -0.2) is 4.79 Å². The Morgan fingerprint density at radius 2 is 1.93 bits per heavy atom. The highest BCUT2D eigenvalue weighted by Gasteiger charge is 2.26. The zero-order valence-electron chi connectivity index (χ0n) is 16.6. The lowest BCUT2D eigenvalue weighted by atomic mass is 10.1. The Morgan fingerprint density at radius 1 is 1.13 bits per heavy atom. The molecular formula is C22H21NO7. The highest BCUT2D eigenvalue weighted by molar-refractivity contribution is 5.97. The second kappa shape index (κ2) is 8.46. The van der Waals surface area contributed by atoms with Crippen LogP contribution in [0.15, 0.2) is 46.9 Å². The van der Waals surface area contributed by atoms with Gasteiger partial charge in [-0.15, -0.1) is 0 Å². The average Bonchev–Trinajstić information content (AvgIpc) is 3.36. The maximum absolute atomic E-state index is 12.6. The van der Waals surface area contributed by atoms with Crippen molar-refractivity contribution < 1.29 is 33.0 Å². The fourth-order valence-electron chi connectivity index (χ4n) is 3.20. The summed E-state index contributed by atoms with van der Waals surface area (Å²) in [6.07, 6.45) is -1.00. The number of para-hydroxylation sites is 1. The largest absolute Gasteiger partial charge is 0.454 e. The van der Waals surface area contributed by atoms with Crippen molar-refractivity contribution in [3.8, 4) is 11.5 Å². The van der Waals surface area contributed by atoms with E-state index in [1.807, 2.05) is 24.3 Å². The van der Waals surface area contributed by atoms with Crippen LogP contribution in [0.4, 0.5) is 0 Å². The second-order valence-corrected chi connectivity index (χ2v) is 6.79. The second-order valence-electron chi connectivity index (χ2n) is 6.79. The number of esters is 1. The summed E-state index contributed by atoms with van der Waals surface area (Å²) >= 11 is 0. The van der Waals surface area contributed by atoms with Gasteiger partial charge in [0.05, 0.1) is 6.61 Å². The molecule has 1 aromatic heterocycles. The van der Waals surface area contributed by atoms with Crippen LogP contribution in [0.5, 0.6) is 11.5 Å². The van der Waals surface area contributed by atoms with Crippen LogP contribution < -0.4 is 14.8 Å². The van der Waals surface area contributed by atoms with E-state index >= 15 is 0 Å². The van der Waals surface area contributed by atoms with Gasteiger partial charge in [0.1, 0.15) is 5.58 Å². The van der Waals surface area contributed by atoms with Crippen molar-refractivity contribution in [1.82, 2.24) is 5.32 Å². The number of fused-ring (bicyclic) bond motifs is 2. The number of carbonyl (C=O) groups is 2. The molecule has 30 heavy (non-hydrogen) atoms. The number of benzene rings is 2. The molecule has 1 amide bonds. The fraction of sp³-hybridized carbons (Fsp3) is 0.273. The van der Waals surface area contributed by atoms with E-state index in [2.05, 4.69) is 5.32 Å². The molecule has 8 heteroatoms. The van der Waals surface area contributed by atoms with Crippen LogP contribution in [0.3, 0.4) is 0 Å². The van der Waals surface area contributed by atoms with Gasteiger partial charge in [-0.1, -0.05) is 24.3 Å². The van der Waals surface area contributed by atoms with Gasteiger partial charge < -0.3 is 28.7 Å². The lowest BCUT2D eigenvalue weighted by Gasteiger charge is -2.13. The summed E-state index contributed by atoms with van der Waals surface area (Å²) in [6.45, 7) is 2.14.